The zero-order valence-electron chi connectivity index (χ0n) is 11.7. The Morgan fingerprint density at radius 2 is 1.26 bits per heavy atom. The van der Waals surface area contributed by atoms with Gasteiger partial charge in [-0.15, -0.1) is 0 Å². The lowest BCUT2D eigenvalue weighted by Gasteiger charge is -2.46. The number of carbonyl (C=O) groups is 2. The average molecular weight is 264 g/mol. The van der Waals surface area contributed by atoms with E-state index in [0.29, 0.717) is 12.8 Å². The van der Waals surface area contributed by atoms with E-state index in [4.69, 9.17) is 0 Å². The molecule has 1 spiro atoms. The first-order valence-electron chi connectivity index (χ1n) is 7.81. The molecule has 0 bridgehead atoms. The van der Waals surface area contributed by atoms with Gasteiger partial charge in [0.1, 0.15) is 0 Å². The molecule has 3 fully saturated rings. The SMILES string of the molecule is O=C1CC2(CCCCC2)CC(=O)N1N1CCCCC1. The van der Waals surface area contributed by atoms with Crippen molar-refractivity contribution in [3.05, 3.63) is 0 Å². The van der Waals surface area contributed by atoms with Crippen LogP contribution >= 0.6 is 0 Å². The first-order valence-corrected chi connectivity index (χ1v) is 7.81. The number of carbonyl (C=O) groups excluding carboxylic acids is 2. The third kappa shape index (κ3) is 2.55. The summed E-state index contributed by atoms with van der Waals surface area (Å²) in [6.45, 7) is 1.73. The van der Waals surface area contributed by atoms with Crippen molar-refractivity contribution in [1.82, 2.24) is 10.0 Å². The van der Waals surface area contributed by atoms with Gasteiger partial charge < -0.3 is 0 Å². The minimum Gasteiger partial charge on any atom is -0.273 e. The van der Waals surface area contributed by atoms with Gasteiger partial charge in [0.05, 0.1) is 0 Å². The molecule has 2 amide bonds. The molecule has 0 unspecified atom stereocenters. The Labute approximate surface area is 115 Å². The van der Waals surface area contributed by atoms with Crippen molar-refractivity contribution >= 4 is 11.8 Å². The summed E-state index contributed by atoms with van der Waals surface area (Å²) in [6, 6.07) is 0. The minimum absolute atomic E-state index is 0.0126. The Kier molecular flexibility index (Phi) is 3.61. The van der Waals surface area contributed by atoms with Crippen LogP contribution in [0.2, 0.25) is 0 Å². The van der Waals surface area contributed by atoms with Gasteiger partial charge in [0.25, 0.3) is 0 Å². The highest BCUT2D eigenvalue weighted by Crippen LogP contribution is 2.45. The zero-order chi connectivity index (χ0) is 13.3. The van der Waals surface area contributed by atoms with Crippen molar-refractivity contribution in [3.8, 4) is 0 Å². The van der Waals surface area contributed by atoms with Crippen LogP contribution in [0.4, 0.5) is 0 Å². The lowest BCUT2D eigenvalue weighted by atomic mass is 9.68. The summed E-state index contributed by atoms with van der Waals surface area (Å²) >= 11 is 0. The van der Waals surface area contributed by atoms with Gasteiger partial charge in [0.15, 0.2) is 0 Å². The van der Waals surface area contributed by atoms with Crippen LogP contribution in [-0.4, -0.2) is 34.9 Å². The smallest absolute Gasteiger partial charge is 0.244 e. The Morgan fingerprint density at radius 1 is 0.737 bits per heavy atom. The van der Waals surface area contributed by atoms with Crippen molar-refractivity contribution in [2.45, 2.75) is 64.2 Å². The molecule has 1 saturated carbocycles. The van der Waals surface area contributed by atoms with Crippen LogP contribution in [-0.2, 0) is 9.59 Å². The topological polar surface area (TPSA) is 40.6 Å². The Balaban J connectivity index is 1.72. The van der Waals surface area contributed by atoms with E-state index in [1.165, 1.54) is 30.7 Å². The van der Waals surface area contributed by atoms with E-state index in [-0.39, 0.29) is 17.2 Å². The standard InChI is InChI=1S/C15H24N2O2/c18-13-11-15(7-3-1-4-8-15)12-14(19)17(13)16-9-5-2-6-10-16/h1-12H2. The van der Waals surface area contributed by atoms with E-state index in [1.807, 2.05) is 5.01 Å². The molecule has 3 rings (SSSR count). The van der Waals surface area contributed by atoms with Gasteiger partial charge in [-0.1, -0.05) is 25.7 Å². The third-order valence-electron chi connectivity index (χ3n) is 5.05. The highest BCUT2D eigenvalue weighted by Gasteiger charge is 2.45. The van der Waals surface area contributed by atoms with E-state index in [1.54, 1.807) is 0 Å². The first kappa shape index (κ1) is 13.1. The maximum Gasteiger partial charge on any atom is 0.244 e. The van der Waals surface area contributed by atoms with Crippen LogP contribution in [0.1, 0.15) is 64.2 Å². The minimum atomic E-state index is 0.0126. The summed E-state index contributed by atoms with van der Waals surface area (Å²) in [4.78, 5) is 24.9. The van der Waals surface area contributed by atoms with Gasteiger partial charge in [0, 0.05) is 25.9 Å². The Hall–Kier alpha value is -0.900. The summed E-state index contributed by atoms with van der Waals surface area (Å²) in [5, 5.41) is 3.48. The molecule has 0 aromatic rings. The molecule has 3 aliphatic rings. The molecule has 0 atom stereocenters. The fourth-order valence-corrected chi connectivity index (χ4v) is 4.04. The monoisotopic (exact) mass is 264 g/mol. The number of rotatable bonds is 1. The highest BCUT2D eigenvalue weighted by molar-refractivity contribution is 5.98. The summed E-state index contributed by atoms with van der Waals surface area (Å²) in [7, 11) is 0. The normalized spacial score (nSPS) is 28.9. The number of amides is 2. The molecule has 0 radical (unpaired) electrons. The van der Waals surface area contributed by atoms with Gasteiger partial charge in [-0.2, -0.15) is 0 Å². The second kappa shape index (κ2) is 5.23. The van der Waals surface area contributed by atoms with Crippen molar-refractivity contribution in [1.29, 1.82) is 0 Å². The summed E-state index contributed by atoms with van der Waals surface area (Å²) < 4.78 is 0. The molecule has 2 saturated heterocycles. The maximum atomic E-state index is 12.4. The molecule has 0 aromatic heterocycles. The average Bonchev–Trinajstić information content (AvgIpc) is 2.40. The van der Waals surface area contributed by atoms with E-state index < -0.39 is 0 Å². The molecule has 0 N–H and O–H groups in total. The van der Waals surface area contributed by atoms with Gasteiger partial charge >= 0.3 is 0 Å². The molecule has 1 aliphatic carbocycles. The van der Waals surface area contributed by atoms with E-state index >= 15 is 0 Å². The lowest BCUT2D eigenvalue weighted by Crippen LogP contribution is -2.57. The van der Waals surface area contributed by atoms with Gasteiger partial charge in [-0.05, 0) is 31.1 Å². The lowest BCUT2D eigenvalue weighted by molar-refractivity contribution is -0.176. The fraction of sp³-hybridized carbons (Fsp3) is 0.867. The van der Waals surface area contributed by atoms with Crippen LogP contribution in [0.5, 0.6) is 0 Å². The van der Waals surface area contributed by atoms with Crippen LogP contribution in [0.15, 0.2) is 0 Å². The predicted octanol–water partition coefficient (Wildman–Crippen LogP) is 2.49. The van der Waals surface area contributed by atoms with E-state index in [9.17, 15) is 9.59 Å². The third-order valence-corrected chi connectivity index (χ3v) is 5.05. The fourth-order valence-electron chi connectivity index (χ4n) is 4.04. The second-order valence-electron chi connectivity index (χ2n) is 6.53. The summed E-state index contributed by atoms with van der Waals surface area (Å²) in [5.74, 6) is 0.111. The number of hydrogen-bond donors (Lipinski definition) is 0. The van der Waals surface area contributed by atoms with Crippen molar-refractivity contribution in [2.75, 3.05) is 13.1 Å². The Bertz CT molecular complexity index is 348. The number of imide groups is 1. The number of nitrogens with zero attached hydrogens (tertiary/aromatic N) is 2. The quantitative estimate of drug-likeness (QED) is 0.683. The Morgan fingerprint density at radius 3 is 1.84 bits per heavy atom. The van der Waals surface area contributed by atoms with E-state index in [0.717, 1.165) is 38.8 Å². The van der Waals surface area contributed by atoms with Gasteiger partial charge in [0.2, 0.25) is 11.8 Å². The van der Waals surface area contributed by atoms with E-state index in [2.05, 4.69) is 0 Å². The van der Waals surface area contributed by atoms with Crippen LogP contribution in [0.3, 0.4) is 0 Å². The van der Waals surface area contributed by atoms with Crippen molar-refractivity contribution in [3.63, 3.8) is 0 Å². The molecule has 2 aliphatic heterocycles. The van der Waals surface area contributed by atoms with Gasteiger partial charge in [-0.3, -0.25) is 9.59 Å². The summed E-state index contributed by atoms with van der Waals surface area (Å²) in [5.41, 5.74) is 0.0126. The van der Waals surface area contributed by atoms with Crippen LogP contribution in [0.25, 0.3) is 0 Å². The predicted molar refractivity (Wildman–Crippen MR) is 72.0 cm³/mol. The van der Waals surface area contributed by atoms with Crippen molar-refractivity contribution < 1.29 is 9.59 Å². The molecular formula is C15H24N2O2. The van der Waals surface area contributed by atoms with Crippen LogP contribution < -0.4 is 0 Å². The molecular weight excluding hydrogens is 240 g/mol. The molecule has 4 nitrogen and oxygen atoms in total. The van der Waals surface area contributed by atoms with Gasteiger partial charge in [-0.25, -0.2) is 10.0 Å². The largest absolute Gasteiger partial charge is 0.273 e. The highest BCUT2D eigenvalue weighted by atomic mass is 16.2. The first-order chi connectivity index (χ1) is 9.20. The molecule has 0 aromatic carbocycles. The number of hydrogen-bond acceptors (Lipinski definition) is 3. The van der Waals surface area contributed by atoms with Crippen LogP contribution in [0, 0.1) is 5.41 Å². The summed E-state index contributed by atoms with van der Waals surface area (Å²) in [6.07, 6.45) is 10.4. The van der Waals surface area contributed by atoms with Crippen molar-refractivity contribution in [2.24, 2.45) is 5.41 Å². The molecule has 2 heterocycles. The maximum absolute atomic E-state index is 12.4. The molecule has 19 heavy (non-hydrogen) atoms. The number of hydrazine groups is 1. The number of piperidine rings is 2. The zero-order valence-corrected chi connectivity index (χ0v) is 11.7. The second-order valence-corrected chi connectivity index (χ2v) is 6.53. The molecule has 4 heteroatoms. The molecule has 106 valence electrons.